The molecule has 1 heterocycles. The second kappa shape index (κ2) is 4.70. The third kappa shape index (κ3) is 2.45. The average Bonchev–Trinajstić information content (AvgIpc) is 2.24. The average molecular weight is 292 g/mol. The molecule has 0 bridgehead atoms. The van der Waals surface area contributed by atoms with E-state index in [9.17, 15) is 5.11 Å². The van der Waals surface area contributed by atoms with Crippen molar-refractivity contribution in [2.24, 2.45) is 0 Å². The smallest absolute Gasteiger partial charge is 0.134 e. The van der Waals surface area contributed by atoms with E-state index in [0.717, 1.165) is 25.2 Å². The van der Waals surface area contributed by atoms with Gasteiger partial charge in [0.15, 0.2) is 0 Å². The highest BCUT2D eigenvalue weighted by Crippen LogP contribution is 2.35. The molecule has 15 heavy (non-hydrogen) atoms. The lowest BCUT2D eigenvalue weighted by Crippen LogP contribution is -2.42. The van der Waals surface area contributed by atoms with Crippen LogP contribution in [0.4, 0.5) is 0 Å². The number of benzene rings is 1. The molecule has 1 atom stereocenters. The van der Waals surface area contributed by atoms with E-state index in [4.69, 9.17) is 11.6 Å². The minimum atomic E-state index is 0.119. The van der Waals surface area contributed by atoms with Crippen LogP contribution in [0.3, 0.4) is 0 Å². The van der Waals surface area contributed by atoms with Gasteiger partial charge in [-0.25, -0.2) is 0 Å². The number of hydrogen-bond donors (Lipinski definition) is 3. The minimum absolute atomic E-state index is 0.119. The number of hydrogen-bond acceptors (Lipinski definition) is 3. The Kier molecular flexibility index (Phi) is 3.51. The highest BCUT2D eigenvalue weighted by Gasteiger charge is 2.19. The zero-order chi connectivity index (χ0) is 10.8. The van der Waals surface area contributed by atoms with Gasteiger partial charge in [0.05, 0.1) is 4.47 Å². The van der Waals surface area contributed by atoms with Crippen LogP contribution >= 0.6 is 27.5 Å². The topological polar surface area (TPSA) is 44.3 Å². The summed E-state index contributed by atoms with van der Waals surface area (Å²) in [5, 5.41) is 17.1. The Morgan fingerprint density at radius 1 is 1.40 bits per heavy atom. The third-order valence-corrected chi connectivity index (χ3v) is 3.30. The third-order valence-electron chi connectivity index (χ3n) is 2.47. The second-order valence-corrected chi connectivity index (χ2v) is 4.83. The summed E-state index contributed by atoms with van der Waals surface area (Å²) in [5.74, 6) is 0.264. The normalized spacial score (nSPS) is 21.6. The molecule has 1 aromatic rings. The van der Waals surface area contributed by atoms with Crippen LogP contribution in [0.5, 0.6) is 5.75 Å². The Morgan fingerprint density at radius 3 is 2.87 bits per heavy atom. The first kappa shape index (κ1) is 11.2. The van der Waals surface area contributed by atoms with E-state index in [1.165, 1.54) is 0 Å². The molecule has 3 nitrogen and oxygen atoms in total. The van der Waals surface area contributed by atoms with Crippen molar-refractivity contribution in [3.8, 4) is 5.75 Å². The van der Waals surface area contributed by atoms with Gasteiger partial charge >= 0.3 is 0 Å². The number of phenols is 1. The highest BCUT2D eigenvalue weighted by molar-refractivity contribution is 9.10. The van der Waals surface area contributed by atoms with Crippen LogP contribution in [0.2, 0.25) is 5.02 Å². The first-order valence-electron chi connectivity index (χ1n) is 4.80. The van der Waals surface area contributed by atoms with Crippen LogP contribution in [0.1, 0.15) is 11.6 Å². The van der Waals surface area contributed by atoms with E-state index in [2.05, 4.69) is 26.6 Å². The van der Waals surface area contributed by atoms with Gasteiger partial charge in [-0.2, -0.15) is 0 Å². The molecule has 1 saturated heterocycles. The Hall–Kier alpha value is -0.290. The lowest BCUT2D eigenvalue weighted by Gasteiger charge is -2.25. The summed E-state index contributed by atoms with van der Waals surface area (Å²) < 4.78 is 0.636. The van der Waals surface area contributed by atoms with Gasteiger partial charge in [-0.1, -0.05) is 11.6 Å². The number of rotatable bonds is 1. The second-order valence-electron chi connectivity index (χ2n) is 3.54. The monoisotopic (exact) mass is 290 g/mol. The van der Waals surface area contributed by atoms with Gasteiger partial charge in [0.25, 0.3) is 0 Å². The van der Waals surface area contributed by atoms with E-state index in [1.807, 2.05) is 0 Å². The first-order valence-corrected chi connectivity index (χ1v) is 5.97. The SMILES string of the molecule is Oc1c(Br)cc(Cl)cc1[C@H]1CNCCN1. The molecule has 5 heteroatoms. The maximum atomic E-state index is 9.90. The van der Waals surface area contributed by atoms with Crippen molar-refractivity contribution in [3.63, 3.8) is 0 Å². The Bertz CT molecular complexity index is 367. The minimum Gasteiger partial charge on any atom is -0.506 e. The molecule has 0 saturated carbocycles. The molecule has 1 aliphatic rings. The van der Waals surface area contributed by atoms with Crippen molar-refractivity contribution >= 4 is 27.5 Å². The van der Waals surface area contributed by atoms with Gasteiger partial charge in [-0.05, 0) is 28.1 Å². The molecule has 0 radical (unpaired) electrons. The van der Waals surface area contributed by atoms with Gasteiger partial charge in [-0.15, -0.1) is 0 Å². The van der Waals surface area contributed by atoms with Gasteiger partial charge in [0.2, 0.25) is 0 Å². The van der Waals surface area contributed by atoms with E-state index in [0.29, 0.717) is 9.50 Å². The van der Waals surface area contributed by atoms with E-state index in [-0.39, 0.29) is 11.8 Å². The van der Waals surface area contributed by atoms with E-state index < -0.39 is 0 Å². The van der Waals surface area contributed by atoms with Crippen LogP contribution in [0.25, 0.3) is 0 Å². The van der Waals surface area contributed by atoms with Crippen molar-refractivity contribution < 1.29 is 5.11 Å². The predicted molar refractivity (Wildman–Crippen MR) is 64.4 cm³/mol. The highest BCUT2D eigenvalue weighted by atomic mass is 79.9. The fraction of sp³-hybridized carbons (Fsp3) is 0.400. The zero-order valence-corrected chi connectivity index (χ0v) is 10.4. The van der Waals surface area contributed by atoms with Gasteiger partial charge in [-0.3, -0.25) is 0 Å². The van der Waals surface area contributed by atoms with Crippen LogP contribution < -0.4 is 10.6 Å². The summed E-state index contributed by atoms with van der Waals surface area (Å²) in [7, 11) is 0. The van der Waals surface area contributed by atoms with E-state index >= 15 is 0 Å². The van der Waals surface area contributed by atoms with Crippen LogP contribution in [0.15, 0.2) is 16.6 Å². The van der Waals surface area contributed by atoms with Gasteiger partial charge in [0.1, 0.15) is 5.75 Å². The number of phenolic OH excluding ortho intramolecular Hbond substituents is 1. The summed E-state index contributed by atoms with van der Waals surface area (Å²) in [6.07, 6.45) is 0. The summed E-state index contributed by atoms with van der Waals surface area (Å²) in [4.78, 5) is 0. The molecule has 0 amide bonds. The molecular formula is C10H12BrClN2O. The molecule has 82 valence electrons. The quantitative estimate of drug-likeness (QED) is 0.742. The molecular weight excluding hydrogens is 279 g/mol. The Morgan fingerprint density at radius 2 is 2.20 bits per heavy atom. The molecule has 2 rings (SSSR count). The standard InChI is InChI=1S/C10H12BrClN2O/c11-8-4-6(12)3-7(10(8)15)9-5-13-1-2-14-9/h3-4,9,13-15H,1-2,5H2/t9-/m1/s1. The fourth-order valence-corrected chi connectivity index (χ4v) is 2.56. The van der Waals surface area contributed by atoms with Crippen LogP contribution in [0, 0.1) is 0 Å². The lowest BCUT2D eigenvalue weighted by atomic mass is 10.0. The predicted octanol–water partition coefficient (Wildman–Crippen LogP) is 2.04. The van der Waals surface area contributed by atoms with Crippen molar-refractivity contribution in [2.45, 2.75) is 6.04 Å². The number of halogens is 2. The van der Waals surface area contributed by atoms with Crippen molar-refractivity contribution in [3.05, 3.63) is 27.2 Å². The summed E-state index contributed by atoms with van der Waals surface area (Å²) >= 11 is 9.23. The molecule has 1 fully saturated rings. The molecule has 0 aliphatic carbocycles. The summed E-state index contributed by atoms with van der Waals surface area (Å²) in [6.45, 7) is 2.66. The molecule has 0 spiro atoms. The maximum Gasteiger partial charge on any atom is 0.134 e. The Labute approximate surface area is 102 Å². The zero-order valence-electron chi connectivity index (χ0n) is 8.06. The molecule has 1 aromatic carbocycles. The Balaban J connectivity index is 2.33. The molecule has 1 aliphatic heterocycles. The number of nitrogens with one attached hydrogen (secondary N) is 2. The van der Waals surface area contributed by atoms with Crippen LogP contribution in [-0.2, 0) is 0 Å². The van der Waals surface area contributed by atoms with Crippen molar-refractivity contribution in [1.82, 2.24) is 10.6 Å². The van der Waals surface area contributed by atoms with E-state index in [1.54, 1.807) is 12.1 Å². The molecule has 0 unspecified atom stereocenters. The molecule has 0 aromatic heterocycles. The molecule has 3 N–H and O–H groups in total. The van der Waals surface area contributed by atoms with Crippen molar-refractivity contribution in [2.75, 3.05) is 19.6 Å². The first-order chi connectivity index (χ1) is 7.18. The van der Waals surface area contributed by atoms with Gasteiger partial charge in [0, 0.05) is 36.3 Å². The number of aromatic hydroxyl groups is 1. The van der Waals surface area contributed by atoms with Crippen LogP contribution in [-0.4, -0.2) is 24.7 Å². The fourth-order valence-electron chi connectivity index (χ4n) is 1.72. The largest absolute Gasteiger partial charge is 0.506 e. The summed E-state index contributed by atoms with van der Waals surface area (Å²) in [6, 6.07) is 3.61. The maximum absolute atomic E-state index is 9.90. The van der Waals surface area contributed by atoms with Gasteiger partial charge < -0.3 is 15.7 Å². The summed E-state index contributed by atoms with van der Waals surface area (Å²) in [5.41, 5.74) is 0.835. The van der Waals surface area contributed by atoms with Crippen molar-refractivity contribution in [1.29, 1.82) is 0 Å². The number of piperazine rings is 1. The lowest BCUT2D eigenvalue weighted by molar-refractivity contribution is 0.403.